The molecule has 0 unspecified atom stereocenters. The van der Waals surface area contributed by atoms with E-state index in [0.29, 0.717) is 16.8 Å². The highest BCUT2D eigenvalue weighted by Crippen LogP contribution is 2.13. The molecule has 0 saturated carbocycles. The van der Waals surface area contributed by atoms with E-state index in [9.17, 15) is 9.59 Å². The van der Waals surface area contributed by atoms with E-state index in [1.165, 1.54) is 6.92 Å². The highest BCUT2D eigenvalue weighted by atomic mass is 16.4. The van der Waals surface area contributed by atoms with E-state index in [0.717, 1.165) is 0 Å². The molecule has 3 N–H and O–H groups in total. The Hall–Kier alpha value is -2.28. The first-order chi connectivity index (χ1) is 8.00. The number of carboxylic acids is 1. The molecule has 0 saturated heterocycles. The van der Waals surface area contributed by atoms with Gasteiger partial charge in [-0.2, -0.15) is 0 Å². The van der Waals surface area contributed by atoms with E-state index in [1.807, 2.05) is 0 Å². The van der Waals surface area contributed by atoms with E-state index in [-0.39, 0.29) is 18.6 Å². The number of hydrogen-bond donors (Lipinski definition) is 2. The van der Waals surface area contributed by atoms with Gasteiger partial charge in [0, 0.05) is 23.2 Å². The van der Waals surface area contributed by atoms with Crippen molar-refractivity contribution >= 4 is 17.4 Å². The van der Waals surface area contributed by atoms with E-state index >= 15 is 0 Å². The molecule has 1 rings (SSSR count). The van der Waals surface area contributed by atoms with Gasteiger partial charge >= 0.3 is 5.97 Å². The Bertz CT molecular complexity index is 509. The van der Waals surface area contributed by atoms with E-state index in [1.54, 1.807) is 18.2 Å². The van der Waals surface area contributed by atoms with Gasteiger partial charge in [-0.3, -0.25) is 9.59 Å². The highest BCUT2D eigenvalue weighted by Gasteiger charge is 2.02. The van der Waals surface area contributed by atoms with Crippen LogP contribution in [-0.2, 0) is 4.79 Å². The first-order valence-corrected chi connectivity index (χ1v) is 5.12. The van der Waals surface area contributed by atoms with Crippen LogP contribution in [0.1, 0.15) is 35.7 Å². The smallest absolute Gasteiger partial charge is 0.304 e. The zero-order chi connectivity index (χ0) is 12.8. The summed E-state index contributed by atoms with van der Waals surface area (Å²) in [6.45, 7) is 1.47. The number of hydrogen-bond acceptors (Lipinski definition) is 3. The van der Waals surface area contributed by atoms with Crippen molar-refractivity contribution in [2.75, 3.05) is 5.73 Å². The van der Waals surface area contributed by atoms with Crippen LogP contribution in [0.2, 0.25) is 0 Å². The second kappa shape index (κ2) is 5.71. The fourth-order valence-corrected chi connectivity index (χ4v) is 1.21. The van der Waals surface area contributed by atoms with Crippen molar-refractivity contribution in [3.63, 3.8) is 0 Å². The summed E-state index contributed by atoms with van der Waals surface area (Å²) in [7, 11) is 0. The summed E-state index contributed by atoms with van der Waals surface area (Å²) in [4.78, 5) is 21.4. The predicted molar refractivity (Wildman–Crippen MR) is 64.6 cm³/mol. The largest absolute Gasteiger partial charge is 0.481 e. The Balaban J connectivity index is 2.86. The van der Waals surface area contributed by atoms with Crippen LogP contribution in [-0.4, -0.2) is 16.9 Å². The molecule has 0 atom stereocenters. The molecule has 0 bridgehead atoms. The van der Waals surface area contributed by atoms with Crippen LogP contribution in [0, 0.1) is 11.8 Å². The normalized spacial score (nSPS) is 9.24. The van der Waals surface area contributed by atoms with Gasteiger partial charge in [0.2, 0.25) is 0 Å². The van der Waals surface area contributed by atoms with E-state index < -0.39 is 5.97 Å². The molecule has 1 aromatic rings. The summed E-state index contributed by atoms with van der Waals surface area (Å²) in [5.74, 6) is 4.55. The van der Waals surface area contributed by atoms with Crippen LogP contribution >= 0.6 is 0 Å². The number of carbonyl (C=O) groups excluding carboxylic acids is 1. The third-order valence-electron chi connectivity index (χ3n) is 2.15. The van der Waals surface area contributed by atoms with Crippen molar-refractivity contribution in [2.24, 2.45) is 0 Å². The summed E-state index contributed by atoms with van der Waals surface area (Å²) in [6.07, 6.45) is 0.262. The minimum absolute atomic E-state index is 0.000691. The van der Waals surface area contributed by atoms with Gasteiger partial charge in [0.25, 0.3) is 0 Å². The fourth-order valence-electron chi connectivity index (χ4n) is 1.21. The van der Waals surface area contributed by atoms with Gasteiger partial charge in [0.15, 0.2) is 5.78 Å². The van der Waals surface area contributed by atoms with Crippen molar-refractivity contribution < 1.29 is 14.7 Å². The maximum absolute atomic E-state index is 11.2. The minimum Gasteiger partial charge on any atom is -0.481 e. The lowest BCUT2D eigenvalue weighted by Gasteiger charge is -2.00. The van der Waals surface area contributed by atoms with Crippen LogP contribution < -0.4 is 5.73 Å². The maximum atomic E-state index is 11.2. The second-order valence-electron chi connectivity index (χ2n) is 3.55. The number of ketones is 1. The standard InChI is InChI=1S/C13H13NO3/c1-9(15)10-6-7-12(14)11(8-10)4-2-3-5-13(16)17/h6-8H,3,5,14H2,1H3,(H,16,17). The van der Waals surface area contributed by atoms with Crippen LogP contribution in [0.25, 0.3) is 0 Å². The lowest BCUT2D eigenvalue weighted by molar-refractivity contribution is -0.136. The molecule has 4 heteroatoms. The number of aliphatic carboxylic acids is 1. The van der Waals surface area contributed by atoms with Crippen LogP contribution in [0.15, 0.2) is 18.2 Å². The van der Waals surface area contributed by atoms with Crippen LogP contribution in [0.3, 0.4) is 0 Å². The quantitative estimate of drug-likeness (QED) is 0.471. The van der Waals surface area contributed by atoms with Crippen LogP contribution in [0.5, 0.6) is 0 Å². The van der Waals surface area contributed by atoms with Crippen molar-refractivity contribution in [2.45, 2.75) is 19.8 Å². The molecular formula is C13H13NO3. The van der Waals surface area contributed by atoms with Gasteiger partial charge in [-0.1, -0.05) is 11.8 Å². The molecule has 88 valence electrons. The molecule has 1 aromatic carbocycles. The van der Waals surface area contributed by atoms with Gasteiger partial charge in [0.1, 0.15) is 0 Å². The number of nitrogens with two attached hydrogens (primary N) is 1. The predicted octanol–water partition coefficient (Wildman–Crippen LogP) is 1.69. The molecule has 0 amide bonds. The number of carbonyl (C=O) groups is 2. The lowest BCUT2D eigenvalue weighted by Crippen LogP contribution is -1.96. The second-order valence-corrected chi connectivity index (χ2v) is 3.55. The first-order valence-electron chi connectivity index (χ1n) is 5.12. The Morgan fingerprint density at radius 1 is 1.41 bits per heavy atom. The number of anilines is 1. The molecule has 0 heterocycles. The average Bonchev–Trinajstić information content (AvgIpc) is 2.25. The first kappa shape index (κ1) is 12.8. The number of rotatable bonds is 3. The third-order valence-corrected chi connectivity index (χ3v) is 2.15. The van der Waals surface area contributed by atoms with Gasteiger partial charge in [0.05, 0.1) is 6.42 Å². The third kappa shape index (κ3) is 3.99. The summed E-state index contributed by atoms with van der Waals surface area (Å²) in [5, 5.41) is 8.45. The van der Waals surface area contributed by atoms with Crippen molar-refractivity contribution in [1.29, 1.82) is 0 Å². The Labute approximate surface area is 99.4 Å². The SMILES string of the molecule is CC(=O)c1ccc(N)c(C#CCCC(=O)O)c1. The number of nitrogen functional groups attached to an aromatic ring is 1. The van der Waals surface area contributed by atoms with E-state index in [2.05, 4.69) is 11.8 Å². The molecule has 0 spiro atoms. The Morgan fingerprint density at radius 3 is 2.71 bits per heavy atom. The molecule has 0 aliphatic rings. The Morgan fingerprint density at radius 2 is 2.12 bits per heavy atom. The van der Waals surface area contributed by atoms with Crippen LogP contribution in [0.4, 0.5) is 5.69 Å². The lowest BCUT2D eigenvalue weighted by atomic mass is 10.1. The maximum Gasteiger partial charge on any atom is 0.304 e. The molecule has 0 aromatic heterocycles. The Kier molecular flexibility index (Phi) is 4.29. The van der Waals surface area contributed by atoms with E-state index in [4.69, 9.17) is 10.8 Å². The zero-order valence-electron chi connectivity index (χ0n) is 9.49. The minimum atomic E-state index is -0.884. The molecule has 17 heavy (non-hydrogen) atoms. The summed E-state index contributed by atoms with van der Waals surface area (Å²) in [6, 6.07) is 4.88. The summed E-state index contributed by atoms with van der Waals surface area (Å²) in [5.41, 5.74) is 7.29. The molecule has 0 fully saturated rings. The van der Waals surface area contributed by atoms with Crippen molar-refractivity contribution in [3.8, 4) is 11.8 Å². The molecule has 0 radical (unpaired) electrons. The molecule has 0 aliphatic heterocycles. The highest BCUT2D eigenvalue weighted by molar-refractivity contribution is 5.95. The van der Waals surface area contributed by atoms with Crippen molar-refractivity contribution in [1.82, 2.24) is 0 Å². The molecule has 4 nitrogen and oxygen atoms in total. The van der Waals surface area contributed by atoms with Gasteiger partial charge in [-0.05, 0) is 25.1 Å². The average molecular weight is 231 g/mol. The molecule has 0 aliphatic carbocycles. The van der Waals surface area contributed by atoms with Crippen molar-refractivity contribution in [3.05, 3.63) is 29.3 Å². The molecular weight excluding hydrogens is 218 g/mol. The van der Waals surface area contributed by atoms with Gasteiger partial charge in [-0.15, -0.1) is 0 Å². The number of carboxylic acid groups (broad SMARTS) is 1. The zero-order valence-corrected chi connectivity index (χ0v) is 9.49. The number of benzene rings is 1. The summed E-state index contributed by atoms with van der Waals surface area (Å²) >= 11 is 0. The van der Waals surface area contributed by atoms with Gasteiger partial charge < -0.3 is 10.8 Å². The topological polar surface area (TPSA) is 80.4 Å². The fraction of sp³-hybridized carbons (Fsp3) is 0.231. The number of Topliss-reactive ketones (excluding diaryl/α,β-unsaturated/α-hetero) is 1. The summed E-state index contributed by atoms with van der Waals surface area (Å²) < 4.78 is 0. The van der Waals surface area contributed by atoms with Gasteiger partial charge in [-0.25, -0.2) is 0 Å². The monoisotopic (exact) mass is 231 g/mol.